The first-order valence-corrected chi connectivity index (χ1v) is 12.6. The average molecular weight is 418 g/mol. The van der Waals surface area contributed by atoms with Crippen molar-refractivity contribution < 1.29 is 9.59 Å². The van der Waals surface area contributed by atoms with Crippen LogP contribution in [0.5, 0.6) is 0 Å². The second kappa shape index (κ2) is 9.18. The van der Waals surface area contributed by atoms with Crippen molar-refractivity contribution in [1.29, 1.82) is 0 Å². The zero-order valence-corrected chi connectivity index (χ0v) is 19.5. The lowest BCUT2D eigenvalue weighted by Crippen LogP contribution is -2.60. The lowest BCUT2D eigenvalue weighted by Gasteiger charge is -2.50. The third-order valence-corrected chi connectivity index (χ3v) is 9.09. The van der Waals surface area contributed by atoms with Crippen molar-refractivity contribution in [2.45, 2.75) is 96.7 Å². The van der Waals surface area contributed by atoms with Crippen LogP contribution < -0.4 is 10.6 Å². The van der Waals surface area contributed by atoms with E-state index in [1.807, 2.05) is 7.05 Å². The summed E-state index contributed by atoms with van der Waals surface area (Å²) in [6.07, 6.45) is 9.69. The largest absolute Gasteiger partial charge is 0.353 e. The Labute approximate surface area is 183 Å². The van der Waals surface area contributed by atoms with Gasteiger partial charge in [0.25, 0.3) is 0 Å². The molecule has 0 radical (unpaired) electrons. The number of hydrogen-bond donors (Lipinski definition) is 2. The maximum Gasteiger partial charge on any atom is 0.225 e. The van der Waals surface area contributed by atoms with Gasteiger partial charge in [-0.05, 0) is 88.4 Å². The number of hydrogen-bond acceptors (Lipinski definition) is 3. The van der Waals surface area contributed by atoms with E-state index in [2.05, 4.69) is 36.3 Å². The van der Waals surface area contributed by atoms with Crippen LogP contribution in [-0.2, 0) is 9.59 Å². The molecule has 0 aromatic carbocycles. The van der Waals surface area contributed by atoms with E-state index < -0.39 is 0 Å². The standard InChI is InChI=1S/C25H43N3O2/c1-15-5-8-18(9-6-15)24(29)27-20-10-7-16(2)21(13-20)22-12-19-14-26-17(3)11-23(19)28(4)25(22)30/h15-23,26H,5-14H2,1-4H3,(H,27,29). The van der Waals surface area contributed by atoms with Crippen molar-refractivity contribution in [3.8, 4) is 0 Å². The van der Waals surface area contributed by atoms with E-state index in [1.165, 1.54) is 12.8 Å². The first-order valence-electron chi connectivity index (χ1n) is 12.6. The second-order valence-electron chi connectivity index (χ2n) is 11.3. The molecule has 30 heavy (non-hydrogen) atoms. The van der Waals surface area contributed by atoms with Crippen molar-refractivity contribution >= 4 is 11.8 Å². The molecule has 2 N–H and O–H groups in total. The minimum atomic E-state index is 0.122. The predicted octanol–water partition coefficient (Wildman–Crippen LogP) is 3.58. The zero-order valence-electron chi connectivity index (χ0n) is 19.5. The summed E-state index contributed by atoms with van der Waals surface area (Å²) in [6.45, 7) is 7.88. The number of nitrogens with one attached hydrogen (secondary N) is 2. The molecule has 0 spiro atoms. The fourth-order valence-electron chi connectivity index (χ4n) is 6.94. The van der Waals surface area contributed by atoms with Crippen molar-refractivity contribution in [2.75, 3.05) is 13.6 Å². The van der Waals surface area contributed by atoms with Gasteiger partial charge in [-0.2, -0.15) is 0 Å². The Morgan fingerprint density at radius 2 is 1.73 bits per heavy atom. The Bertz CT molecular complexity index is 630. The lowest BCUT2D eigenvalue weighted by molar-refractivity contribution is -0.148. The Balaban J connectivity index is 1.38. The molecule has 0 aromatic rings. The summed E-state index contributed by atoms with van der Waals surface area (Å²) in [5, 5.41) is 7.04. The molecule has 170 valence electrons. The summed E-state index contributed by atoms with van der Waals surface area (Å²) in [5.41, 5.74) is 0. The molecule has 0 bridgehead atoms. The number of nitrogens with zero attached hydrogens (tertiary/aromatic N) is 1. The Morgan fingerprint density at radius 3 is 2.47 bits per heavy atom. The molecule has 5 heteroatoms. The number of carbonyl (C=O) groups is 2. The van der Waals surface area contributed by atoms with E-state index in [0.717, 1.165) is 57.4 Å². The third kappa shape index (κ3) is 4.56. The Morgan fingerprint density at radius 1 is 1.00 bits per heavy atom. The van der Waals surface area contributed by atoms with E-state index in [-0.39, 0.29) is 23.8 Å². The SMILES string of the molecule is CC1CCC(C(=O)NC2CCC(C)C(C3CC4CNC(C)CC4N(C)C3=O)C2)CC1. The molecule has 2 saturated carbocycles. The van der Waals surface area contributed by atoms with Crippen LogP contribution in [0.4, 0.5) is 0 Å². The first kappa shape index (κ1) is 22.1. The molecule has 2 heterocycles. The van der Waals surface area contributed by atoms with E-state index in [4.69, 9.17) is 0 Å². The van der Waals surface area contributed by atoms with Crippen molar-refractivity contribution in [2.24, 2.45) is 35.5 Å². The molecule has 4 aliphatic rings. The fraction of sp³-hybridized carbons (Fsp3) is 0.920. The number of amides is 2. The molecular weight excluding hydrogens is 374 g/mol. The quantitative estimate of drug-likeness (QED) is 0.738. The predicted molar refractivity (Wildman–Crippen MR) is 120 cm³/mol. The molecule has 2 aliphatic heterocycles. The number of likely N-dealkylation sites (tertiary alicyclic amines) is 1. The number of rotatable bonds is 3. The summed E-state index contributed by atoms with van der Waals surface area (Å²) in [6, 6.07) is 1.14. The van der Waals surface area contributed by atoms with Crippen LogP contribution >= 0.6 is 0 Å². The molecule has 2 amide bonds. The number of piperidine rings is 2. The van der Waals surface area contributed by atoms with Gasteiger partial charge in [-0.1, -0.05) is 13.8 Å². The van der Waals surface area contributed by atoms with Gasteiger partial charge in [0, 0.05) is 43.6 Å². The maximum atomic E-state index is 13.4. The average Bonchev–Trinajstić information content (AvgIpc) is 2.73. The monoisotopic (exact) mass is 417 g/mol. The maximum absolute atomic E-state index is 13.4. The summed E-state index contributed by atoms with van der Waals surface area (Å²) in [7, 11) is 2.03. The van der Waals surface area contributed by atoms with E-state index in [0.29, 0.717) is 35.7 Å². The topological polar surface area (TPSA) is 61.4 Å². The zero-order chi connectivity index (χ0) is 21.4. The van der Waals surface area contributed by atoms with Crippen molar-refractivity contribution in [1.82, 2.24) is 15.5 Å². The highest BCUT2D eigenvalue weighted by Crippen LogP contribution is 2.43. The fourth-order valence-corrected chi connectivity index (χ4v) is 6.94. The second-order valence-corrected chi connectivity index (χ2v) is 11.3. The molecule has 0 aromatic heterocycles. The van der Waals surface area contributed by atoms with Crippen LogP contribution in [0.25, 0.3) is 0 Å². The van der Waals surface area contributed by atoms with Gasteiger partial charge >= 0.3 is 0 Å². The van der Waals surface area contributed by atoms with Gasteiger partial charge < -0.3 is 15.5 Å². The molecule has 7 unspecified atom stereocenters. The Kier molecular flexibility index (Phi) is 6.76. The van der Waals surface area contributed by atoms with Crippen LogP contribution in [0.15, 0.2) is 0 Å². The Hall–Kier alpha value is -1.10. The number of carbonyl (C=O) groups excluding carboxylic acids is 2. The smallest absolute Gasteiger partial charge is 0.225 e. The summed E-state index contributed by atoms with van der Waals surface area (Å²) >= 11 is 0. The van der Waals surface area contributed by atoms with Gasteiger partial charge in [0.2, 0.25) is 11.8 Å². The lowest BCUT2D eigenvalue weighted by atomic mass is 9.65. The highest BCUT2D eigenvalue weighted by molar-refractivity contribution is 5.80. The summed E-state index contributed by atoms with van der Waals surface area (Å²) in [5.74, 6) is 3.25. The molecule has 4 rings (SSSR count). The molecule has 2 aliphatic carbocycles. The summed E-state index contributed by atoms with van der Waals surface area (Å²) < 4.78 is 0. The van der Waals surface area contributed by atoms with Crippen LogP contribution in [-0.4, -0.2) is 48.4 Å². The van der Waals surface area contributed by atoms with Crippen molar-refractivity contribution in [3.05, 3.63) is 0 Å². The van der Waals surface area contributed by atoms with Gasteiger partial charge in [-0.3, -0.25) is 9.59 Å². The van der Waals surface area contributed by atoms with Gasteiger partial charge in [0.1, 0.15) is 0 Å². The minimum absolute atomic E-state index is 0.122. The molecule has 7 atom stereocenters. The normalized spacial score (nSPS) is 45.0. The molecule has 2 saturated heterocycles. The van der Waals surface area contributed by atoms with E-state index in [1.54, 1.807) is 0 Å². The summed E-state index contributed by atoms with van der Waals surface area (Å²) in [4.78, 5) is 28.3. The van der Waals surface area contributed by atoms with Gasteiger partial charge in [0.05, 0.1) is 0 Å². The van der Waals surface area contributed by atoms with E-state index in [9.17, 15) is 9.59 Å². The highest BCUT2D eigenvalue weighted by atomic mass is 16.2. The van der Waals surface area contributed by atoms with Gasteiger partial charge in [-0.25, -0.2) is 0 Å². The van der Waals surface area contributed by atoms with Crippen molar-refractivity contribution in [3.63, 3.8) is 0 Å². The van der Waals surface area contributed by atoms with Crippen LogP contribution in [0.2, 0.25) is 0 Å². The van der Waals surface area contributed by atoms with Crippen LogP contribution in [0.3, 0.4) is 0 Å². The van der Waals surface area contributed by atoms with Crippen LogP contribution in [0, 0.1) is 35.5 Å². The number of fused-ring (bicyclic) bond motifs is 1. The van der Waals surface area contributed by atoms with Gasteiger partial charge in [0.15, 0.2) is 0 Å². The first-order chi connectivity index (χ1) is 14.3. The molecule has 4 fully saturated rings. The van der Waals surface area contributed by atoms with Gasteiger partial charge in [-0.15, -0.1) is 0 Å². The highest BCUT2D eigenvalue weighted by Gasteiger charge is 2.47. The molecular formula is C25H43N3O2. The van der Waals surface area contributed by atoms with Crippen LogP contribution in [0.1, 0.15) is 78.6 Å². The minimum Gasteiger partial charge on any atom is -0.353 e. The molecule has 5 nitrogen and oxygen atoms in total. The third-order valence-electron chi connectivity index (χ3n) is 9.09. The van der Waals surface area contributed by atoms with E-state index >= 15 is 0 Å².